The molecule has 0 spiro atoms. The van der Waals surface area contributed by atoms with Crippen molar-refractivity contribution in [3.05, 3.63) is 95.8 Å². The molecule has 0 aromatic heterocycles. The summed E-state index contributed by atoms with van der Waals surface area (Å²) in [6, 6.07) is 23.4. The van der Waals surface area contributed by atoms with Crippen LogP contribution < -0.4 is 9.33 Å². The van der Waals surface area contributed by atoms with Crippen LogP contribution >= 0.6 is 0 Å². The second-order valence-corrected chi connectivity index (χ2v) is 15.9. The lowest BCUT2D eigenvalue weighted by Crippen LogP contribution is -2.59. The molecular formula is C30H36FNO3Si. The van der Waals surface area contributed by atoms with Gasteiger partial charge in [-0.2, -0.15) is 0 Å². The average Bonchev–Trinajstić information content (AvgIpc) is 2.83. The summed E-state index contributed by atoms with van der Waals surface area (Å²) in [6.07, 6.45) is 0.386. The molecule has 190 valence electrons. The van der Waals surface area contributed by atoms with E-state index in [9.17, 15) is 14.3 Å². The van der Waals surface area contributed by atoms with Crippen LogP contribution in [0.5, 0.6) is 5.75 Å². The number of hydrogen-bond donors (Lipinski definition) is 1. The third-order valence-electron chi connectivity index (χ3n) is 7.63. The molecule has 0 saturated carbocycles. The summed E-state index contributed by atoms with van der Waals surface area (Å²) in [5.41, 5.74) is 2.67. The maximum Gasteiger partial charge on any atom is 0.250 e. The fourth-order valence-corrected chi connectivity index (χ4v) is 5.48. The van der Waals surface area contributed by atoms with Crippen molar-refractivity contribution in [3.63, 3.8) is 0 Å². The number of carbonyl (C=O) groups excluding carboxylic acids is 1. The van der Waals surface area contributed by atoms with Crippen LogP contribution in [-0.2, 0) is 11.2 Å². The first-order valence-corrected chi connectivity index (χ1v) is 15.5. The van der Waals surface area contributed by atoms with Gasteiger partial charge in [0.05, 0.1) is 18.1 Å². The van der Waals surface area contributed by atoms with Crippen LogP contribution in [0.2, 0.25) is 18.1 Å². The fraction of sp³-hybridized carbons (Fsp3) is 0.367. The largest absolute Gasteiger partial charge is 0.544 e. The van der Waals surface area contributed by atoms with Gasteiger partial charge in [-0.05, 0) is 78.5 Å². The van der Waals surface area contributed by atoms with Gasteiger partial charge in [0.25, 0.3) is 0 Å². The van der Waals surface area contributed by atoms with Gasteiger partial charge in [-0.3, -0.25) is 4.79 Å². The zero-order valence-corrected chi connectivity index (χ0v) is 22.7. The van der Waals surface area contributed by atoms with Gasteiger partial charge < -0.3 is 14.4 Å². The van der Waals surface area contributed by atoms with Crippen molar-refractivity contribution in [2.75, 3.05) is 4.90 Å². The lowest BCUT2D eigenvalue weighted by atomic mass is 9.76. The Balaban J connectivity index is 1.58. The highest BCUT2D eigenvalue weighted by molar-refractivity contribution is 6.74. The Morgan fingerprint density at radius 2 is 1.58 bits per heavy atom. The molecule has 6 heteroatoms. The van der Waals surface area contributed by atoms with Crippen molar-refractivity contribution in [1.82, 2.24) is 0 Å². The van der Waals surface area contributed by atoms with E-state index < -0.39 is 20.3 Å². The number of benzene rings is 3. The van der Waals surface area contributed by atoms with Crippen molar-refractivity contribution in [3.8, 4) is 5.75 Å². The highest BCUT2D eigenvalue weighted by atomic mass is 28.4. The molecule has 1 heterocycles. The molecule has 36 heavy (non-hydrogen) atoms. The number of anilines is 1. The number of hydrogen-bond acceptors (Lipinski definition) is 3. The van der Waals surface area contributed by atoms with E-state index in [-0.39, 0.29) is 22.8 Å². The number of aliphatic hydroxyl groups excluding tert-OH is 1. The monoisotopic (exact) mass is 505 g/mol. The molecule has 0 aliphatic carbocycles. The molecule has 3 aromatic carbocycles. The maximum absolute atomic E-state index is 13.6. The summed E-state index contributed by atoms with van der Waals surface area (Å²) in [7, 11) is -1.98. The van der Waals surface area contributed by atoms with Crippen LogP contribution in [0.15, 0.2) is 78.9 Å². The maximum atomic E-state index is 13.6. The van der Waals surface area contributed by atoms with Gasteiger partial charge in [0, 0.05) is 5.69 Å². The van der Waals surface area contributed by atoms with Gasteiger partial charge in [0.2, 0.25) is 14.2 Å². The van der Waals surface area contributed by atoms with E-state index in [1.807, 2.05) is 54.6 Å². The summed E-state index contributed by atoms with van der Waals surface area (Å²) in [4.78, 5) is 15.0. The Kier molecular flexibility index (Phi) is 7.39. The van der Waals surface area contributed by atoms with E-state index in [2.05, 4.69) is 33.9 Å². The Hall–Kier alpha value is -2.96. The molecule has 4 nitrogen and oxygen atoms in total. The van der Waals surface area contributed by atoms with Crippen LogP contribution in [-0.4, -0.2) is 25.4 Å². The number of carbonyl (C=O) groups is 1. The van der Waals surface area contributed by atoms with E-state index in [4.69, 9.17) is 4.43 Å². The van der Waals surface area contributed by atoms with Crippen molar-refractivity contribution in [2.45, 2.75) is 63.9 Å². The summed E-state index contributed by atoms with van der Waals surface area (Å²) in [5.74, 6) is -0.250. The zero-order chi connectivity index (χ0) is 26.1. The smallest absolute Gasteiger partial charge is 0.250 e. The zero-order valence-electron chi connectivity index (χ0n) is 21.7. The van der Waals surface area contributed by atoms with E-state index in [1.165, 1.54) is 12.1 Å². The Labute approximate surface area is 214 Å². The van der Waals surface area contributed by atoms with E-state index >= 15 is 0 Å². The van der Waals surface area contributed by atoms with Crippen LogP contribution in [0.1, 0.15) is 44.4 Å². The third kappa shape index (κ3) is 5.40. The number of halogens is 1. The van der Waals surface area contributed by atoms with Gasteiger partial charge >= 0.3 is 0 Å². The van der Waals surface area contributed by atoms with Crippen LogP contribution in [0.4, 0.5) is 10.1 Å². The van der Waals surface area contributed by atoms with Crippen molar-refractivity contribution in [2.24, 2.45) is 5.92 Å². The number of amides is 1. The Morgan fingerprint density at radius 3 is 2.17 bits per heavy atom. The topological polar surface area (TPSA) is 49.8 Å². The van der Waals surface area contributed by atoms with Crippen LogP contribution in [0.3, 0.4) is 0 Å². The molecule has 1 N–H and O–H groups in total. The molecule has 3 unspecified atom stereocenters. The molecule has 1 aliphatic rings. The minimum absolute atomic E-state index is 0.0827. The van der Waals surface area contributed by atoms with Crippen LogP contribution in [0.25, 0.3) is 0 Å². The normalized spacial score (nSPS) is 19.1. The number of β-lactam (4-membered cyclic amide) rings is 1. The first kappa shape index (κ1) is 26.1. The van der Waals surface area contributed by atoms with Crippen LogP contribution in [0, 0.1) is 11.7 Å². The summed E-state index contributed by atoms with van der Waals surface area (Å²) in [5, 5.41) is 11.2. The third-order valence-corrected chi connectivity index (χ3v) is 12.0. The predicted molar refractivity (Wildman–Crippen MR) is 145 cm³/mol. The lowest BCUT2D eigenvalue weighted by molar-refractivity contribution is -0.136. The van der Waals surface area contributed by atoms with E-state index in [0.717, 1.165) is 16.9 Å². The minimum Gasteiger partial charge on any atom is -0.544 e. The van der Waals surface area contributed by atoms with Crippen molar-refractivity contribution >= 4 is 19.9 Å². The van der Waals surface area contributed by atoms with Gasteiger partial charge in [-0.25, -0.2) is 4.39 Å². The predicted octanol–water partition coefficient (Wildman–Crippen LogP) is 6.91. The highest BCUT2D eigenvalue weighted by Crippen LogP contribution is 2.46. The standard InChI is InChI=1S/C30H36FNO3Si/c1-30(2,3)36(4,5)35-25-18-12-22(13-19-25)28-27(26(33)20-11-21-9-7-6-8-10-21)29(34)32(28)24-16-14-23(31)15-17-24/h6-10,12-19,26-28,33H,11,20H2,1-5H3. The number of aliphatic hydroxyl groups is 1. The molecule has 0 bridgehead atoms. The van der Waals surface area contributed by atoms with Gasteiger partial charge in [0.15, 0.2) is 0 Å². The second-order valence-electron chi connectivity index (χ2n) is 11.2. The molecule has 1 saturated heterocycles. The lowest BCUT2D eigenvalue weighted by Gasteiger charge is -2.49. The van der Waals surface area contributed by atoms with E-state index in [1.54, 1.807) is 17.0 Å². The SMILES string of the molecule is CC(C)(C)[Si](C)(C)Oc1ccc(C2C(C(O)CCc3ccccc3)C(=O)N2c2ccc(F)cc2)cc1. The Bertz CT molecular complexity index is 1170. The molecule has 1 fully saturated rings. The number of rotatable bonds is 8. The second kappa shape index (κ2) is 10.2. The van der Waals surface area contributed by atoms with Gasteiger partial charge in [-0.15, -0.1) is 0 Å². The van der Waals surface area contributed by atoms with E-state index in [0.29, 0.717) is 18.5 Å². The minimum atomic E-state index is -1.98. The molecule has 4 rings (SSSR count). The Morgan fingerprint density at radius 1 is 0.972 bits per heavy atom. The molecule has 3 aromatic rings. The first-order valence-electron chi connectivity index (χ1n) is 12.6. The quantitative estimate of drug-likeness (QED) is 0.267. The first-order chi connectivity index (χ1) is 17.0. The number of aryl methyl sites for hydroxylation is 1. The summed E-state index contributed by atoms with van der Waals surface area (Å²) in [6.45, 7) is 11.0. The van der Waals surface area contributed by atoms with Gasteiger partial charge in [-0.1, -0.05) is 63.2 Å². The molecule has 0 radical (unpaired) electrons. The average molecular weight is 506 g/mol. The summed E-state index contributed by atoms with van der Waals surface area (Å²) < 4.78 is 20.0. The molecule has 1 amide bonds. The molecular weight excluding hydrogens is 469 g/mol. The van der Waals surface area contributed by atoms with Crippen molar-refractivity contribution in [1.29, 1.82) is 0 Å². The highest BCUT2D eigenvalue weighted by Gasteiger charge is 2.52. The van der Waals surface area contributed by atoms with Gasteiger partial charge in [0.1, 0.15) is 11.6 Å². The molecule has 3 atom stereocenters. The number of nitrogens with zero attached hydrogens (tertiary/aromatic N) is 1. The van der Waals surface area contributed by atoms with Crippen molar-refractivity contribution < 1.29 is 18.7 Å². The fourth-order valence-electron chi connectivity index (χ4n) is 4.45. The molecule has 1 aliphatic heterocycles. The summed E-state index contributed by atoms with van der Waals surface area (Å²) >= 11 is 0.